The Labute approximate surface area is 144 Å². The second-order valence-electron chi connectivity index (χ2n) is 4.82. The number of piperidine rings is 1. The molecule has 0 spiro atoms. The van der Waals surface area contributed by atoms with Crippen LogP contribution in [0, 0.1) is 3.57 Å². The van der Waals surface area contributed by atoms with Crippen LogP contribution in [0.3, 0.4) is 0 Å². The van der Waals surface area contributed by atoms with Crippen molar-refractivity contribution in [3.8, 4) is 0 Å². The molecule has 2 rings (SSSR count). The first kappa shape index (κ1) is 16.7. The summed E-state index contributed by atoms with van der Waals surface area (Å²) >= 11 is 5.59. The monoisotopic (exact) mass is 467 g/mol. The predicted molar refractivity (Wildman–Crippen MR) is 89.4 cm³/mol. The van der Waals surface area contributed by atoms with Gasteiger partial charge in [-0.05, 0) is 69.6 Å². The number of carbonyl (C=O) groups is 2. The highest BCUT2D eigenvalue weighted by Crippen LogP contribution is 2.23. The smallest absolute Gasteiger partial charge is 0.329 e. The van der Waals surface area contributed by atoms with Crippen molar-refractivity contribution in [1.29, 1.82) is 0 Å². The first-order chi connectivity index (χ1) is 9.97. The molecule has 1 heterocycles. The van der Waals surface area contributed by atoms with Gasteiger partial charge in [-0.1, -0.05) is 0 Å². The molecule has 5 nitrogen and oxygen atoms in total. The number of benzene rings is 1. The van der Waals surface area contributed by atoms with Gasteiger partial charge in [0.15, 0.2) is 0 Å². The fourth-order valence-corrected chi connectivity index (χ4v) is 3.15. The number of aliphatic carboxylic acids is 1. The van der Waals surface area contributed by atoms with E-state index in [2.05, 4.69) is 38.5 Å². The Balaban J connectivity index is 1.94. The van der Waals surface area contributed by atoms with E-state index >= 15 is 0 Å². The quantitative estimate of drug-likeness (QED) is 0.691. The van der Waals surface area contributed by atoms with Crippen LogP contribution in [0.4, 0.5) is 0 Å². The van der Waals surface area contributed by atoms with Gasteiger partial charge in [0.05, 0.1) is 11.7 Å². The Morgan fingerprint density at radius 1 is 1.38 bits per heavy atom. The number of hydrogen-bond acceptors (Lipinski definition) is 3. The van der Waals surface area contributed by atoms with E-state index < -0.39 is 5.97 Å². The van der Waals surface area contributed by atoms with Gasteiger partial charge in [-0.15, -0.1) is 0 Å². The summed E-state index contributed by atoms with van der Waals surface area (Å²) in [6, 6.07) is 5.67. The third-order valence-electron chi connectivity index (χ3n) is 3.33. The molecule has 0 aliphatic carbocycles. The third-order valence-corrected chi connectivity index (χ3v) is 4.69. The molecule has 1 aromatic carbocycles. The maximum absolute atomic E-state index is 12.5. The van der Waals surface area contributed by atoms with E-state index in [9.17, 15) is 9.59 Å². The number of rotatable bonds is 4. The summed E-state index contributed by atoms with van der Waals surface area (Å²) in [5, 5.41) is 8.59. The van der Waals surface area contributed by atoms with Crippen LogP contribution in [0.15, 0.2) is 22.7 Å². The molecule has 1 aromatic rings. The number of carboxylic acids is 1. The van der Waals surface area contributed by atoms with Gasteiger partial charge in [0.2, 0.25) is 0 Å². The minimum Gasteiger partial charge on any atom is -0.480 e. The Kier molecular flexibility index (Phi) is 6.00. The second kappa shape index (κ2) is 7.55. The molecule has 0 radical (unpaired) electrons. The summed E-state index contributed by atoms with van der Waals surface area (Å²) in [5.74, 6) is -0.964. The van der Waals surface area contributed by atoms with Crippen molar-refractivity contribution in [2.24, 2.45) is 0 Å². The van der Waals surface area contributed by atoms with Crippen molar-refractivity contribution in [3.63, 3.8) is 0 Å². The second-order valence-corrected chi connectivity index (χ2v) is 6.92. The van der Waals surface area contributed by atoms with E-state index in [1.807, 2.05) is 18.2 Å². The Morgan fingerprint density at radius 2 is 2.05 bits per heavy atom. The molecule has 1 aliphatic rings. The summed E-state index contributed by atoms with van der Waals surface area (Å²) in [6.07, 6.45) is 1.26. The summed E-state index contributed by atoms with van der Waals surface area (Å²) in [5.41, 5.74) is 0.659. The molecule has 0 atom stereocenters. The predicted octanol–water partition coefficient (Wildman–Crippen LogP) is 2.76. The molecule has 0 unspecified atom stereocenters. The van der Waals surface area contributed by atoms with Gasteiger partial charge in [0.25, 0.3) is 5.91 Å². The number of likely N-dealkylation sites (tertiary alicyclic amines) is 1. The standard InChI is InChI=1S/C14H15BrINO4/c15-12-2-1-9(16)7-11(12)14(20)17-5-3-10(4-6-17)21-8-13(18)19/h1-2,7,10H,3-6,8H2,(H,18,19). The van der Waals surface area contributed by atoms with Crippen LogP contribution in [0.1, 0.15) is 23.2 Å². The van der Waals surface area contributed by atoms with Gasteiger partial charge in [0.1, 0.15) is 6.61 Å². The highest BCUT2D eigenvalue weighted by Gasteiger charge is 2.25. The molecular formula is C14H15BrINO4. The average Bonchev–Trinajstić information content (AvgIpc) is 2.47. The third kappa shape index (κ3) is 4.65. The minimum atomic E-state index is -0.962. The first-order valence-electron chi connectivity index (χ1n) is 6.55. The van der Waals surface area contributed by atoms with E-state index in [0.717, 1.165) is 8.04 Å². The van der Waals surface area contributed by atoms with Crippen molar-refractivity contribution in [2.45, 2.75) is 18.9 Å². The van der Waals surface area contributed by atoms with E-state index in [0.29, 0.717) is 31.5 Å². The summed E-state index contributed by atoms with van der Waals surface area (Å²) in [4.78, 5) is 24.8. The van der Waals surface area contributed by atoms with Gasteiger partial charge in [-0.2, -0.15) is 0 Å². The van der Waals surface area contributed by atoms with Crippen LogP contribution in [-0.4, -0.2) is 47.7 Å². The Bertz CT molecular complexity index is 544. The average molecular weight is 468 g/mol. The Hall–Kier alpha value is -0.670. The summed E-state index contributed by atoms with van der Waals surface area (Å²) < 4.78 is 7.07. The van der Waals surface area contributed by atoms with Gasteiger partial charge in [0, 0.05) is 21.1 Å². The number of amides is 1. The van der Waals surface area contributed by atoms with E-state index in [-0.39, 0.29) is 18.6 Å². The number of halogens is 2. The van der Waals surface area contributed by atoms with Crippen molar-refractivity contribution in [2.75, 3.05) is 19.7 Å². The molecule has 0 saturated carbocycles. The van der Waals surface area contributed by atoms with Gasteiger partial charge in [-0.25, -0.2) is 4.79 Å². The first-order valence-corrected chi connectivity index (χ1v) is 8.42. The molecule has 0 aromatic heterocycles. The molecule has 1 fully saturated rings. The highest BCUT2D eigenvalue weighted by atomic mass is 127. The van der Waals surface area contributed by atoms with Crippen LogP contribution >= 0.6 is 38.5 Å². The van der Waals surface area contributed by atoms with Crippen molar-refractivity contribution in [1.82, 2.24) is 4.90 Å². The van der Waals surface area contributed by atoms with Crippen molar-refractivity contribution < 1.29 is 19.4 Å². The molecule has 0 bridgehead atoms. The van der Waals surface area contributed by atoms with Gasteiger partial charge < -0.3 is 14.7 Å². The zero-order valence-corrected chi connectivity index (χ0v) is 15.0. The maximum atomic E-state index is 12.5. The van der Waals surface area contributed by atoms with Gasteiger partial charge in [-0.3, -0.25) is 4.79 Å². The van der Waals surface area contributed by atoms with E-state index in [1.54, 1.807) is 4.90 Å². The highest BCUT2D eigenvalue weighted by molar-refractivity contribution is 14.1. The lowest BCUT2D eigenvalue weighted by Crippen LogP contribution is -2.41. The SMILES string of the molecule is O=C(O)COC1CCN(C(=O)c2cc(I)ccc2Br)CC1. The lowest BCUT2D eigenvalue weighted by Gasteiger charge is -2.32. The van der Waals surface area contributed by atoms with E-state index in [4.69, 9.17) is 9.84 Å². The molecule has 1 amide bonds. The number of carbonyl (C=O) groups excluding carboxylic acids is 1. The number of nitrogens with zero attached hydrogens (tertiary/aromatic N) is 1. The lowest BCUT2D eigenvalue weighted by atomic mass is 10.1. The zero-order valence-electron chi connectivity index (χ0n) is 11.2. The van der Waals surface area contributed by atoms with Crippen LogP contribution in [-0.2, 0) is 9.53 Å². The molecule has 7 heteroatoms. The lowest BCUT2D eigenvalue weighted by molar-refractivity contribution is -0.145. The van der Waals surface area contributed by atoms with Crippen molar-refractivity contribution >= 4 is 50.4 Å². The zero-order chi connectivity index (χ0) is 15.4. The molecular weight excluding hydrogens is 453 g/mol. The maximum Gasteiger partial charge on any atom is 0.329 e. The molecule has 1 N–H and O–H groups in total. The largest absolute Gasteiger partial charge is 0.480 e. The Morgan fingerprint density at radius 3 is 2.67 bits per heavy atom. The number of carboxylic acid groups (broad SMARTS) is 1. The minimum absolute atomic E-state index is 0.00271. The van der Waals surface area contributed by atoms with Crippen LogP contribution in [0.2, 0.25) is 0 Å². The normalized spacial score (nSPS) is 16.0. The van der Waals surface area contributed by atoms with Gasteiger partial charge >= 0.3 is 5.97 Å². The summed E-state index contributed by atoms with van der Waals surface area (Å²) in [6.45, 7) is 0.892. The number of hydrogen-bond donors (Lipinski definition) is 1. The van der Waals surface area contributed by atoms with Crippen LogP contribution < -0.4 is 0 Å². The fourth-order valence-electron chi connectivity index (χ4n) is 2.25. The van der Waals surface area contributed by atoms with Crippen molar-refractivity contribution in [3.05, 3.63) is 31.8 Å². The molecule has 1 aliphatic heterocycles. The van der Waals surface area contributed by atoms with Crippen LogP contribution in [0.5, 0.6) is 0 Å². The number of ether oxygens (including phenoxy) is 1. The molecule has 1 saturated heterocycles. The van der Waals surface area contributed by atoms with E-state index in [1.165, 1.54) is 0 Å². The van der Waals surface area contributed by atoms with Crippen LogP contribution in [0.25, 0.3) is 0 Å². The fraction of sp³-hybridized carbons (Fsp3) is 0.429. The topological polar surface area (TPSA) is 66.8 Å². The molecule has 114 valence electrons. The molecule has 21 heavy (non-hydrogen) atoms. The summed E-state index contributed by atoms with van der Waals surface area (Å²) in [7, 11) is 0.